The molecule has 1 aliphatic carbocycles. The molecule has 3 nitrogen and oxygen atoms in total. The molecule has 2 heterocycles. The highest BCUT2D eigenvalue weighted by Gasteiger charge is 2.40. The predicted molar refractivity (Wildman–Crippen MR) is 76.4 cm³/mol. The minimum absolute atomic E-state index is 0.270. The average Bonchev–Trinajstić information content (AvgIpc) is 2.84. The number of hydrogen-bond donors (Lipinski definition) is 1. The molecule has 0 aromatic heterocycles. The molecule has 0 aromatic carbocycles. The van der Waals surface area contributed by atoms with Crippen molar-refractivity contribution in [1.29, 1.82) is 0 Å². The Labute approximate surface area is 117 Å². The maximum atomic E-state index is 6.38. The van der Waals surface area contributed by atoms with E-state index in [1.807, 2.05) is 0 Å². The number of ether oxygens (including phenoxy) is 2. The molecule has 3 aliphatic rings. The Balaban J connectivity index is 1.35. The van der Waals surface area contributed by atoms with E-state index in [1.165, 1.54) is 64.2 Å². The summed E-state index contributed by atoms with van der Waals surface area (Å²) in [5, 5.41) is 3.57. The first-order chi connectivity index (χ1) is 9.36. The molecular formula is C16H29NO2. The van der Waals surface area contributed by atoms with E-state index in [1.54, 1.807) is 0 Å². The minimum atomic E-state index is 0.270. The Morgan fingerprint density at radius 3 is 2.47 bits per heavy atom. The topological polar surface area (TPSA) is 30.5 Å². The molecule has 0 aromatic rings. The third-order valence-electron chi connectivity index (χ3n) is 5.12. The molecule has 1 saturated carbocycles. The second-order valence-corrected chi connectivity index (χ2v) is 6.67. The third-order valence-corrected chi connectivity index (χ3v) is 5.12. The molecule has 2 atom stereocenters. The van der Waals surface area contributed by atoms with E-state index < -0.39 is 0 Å². The van der Waals surface area contributed by atoms with E-state index in [2.05, 4.69) is 5.32 Å². The highest BCUT2D eigenvalue weighted by atomic mass is 16.5. The van der Waals surface area contributed by atoms with E-state index in [-0.39, 0.29) is 5.60 Å². The van der Waals surface area contributed by atoms with Gasteiger partial charge < -0.3 is 14.8 Å². The lowest BCUT2D eigenvalue weighted by Crippen LogP contribution is -2.38. The van der Waals surface area contributed by atoms with E-state index >= 15 is 0 Å². The number of nitrogens with one attached hydrogen (secondary N) is 1. The summed E-state index contributed by atoms with van der Waals surface area (Å²) in [5.74, 6) is 0. The Bertz CT molecular complexity index is 270. The lowest BCUT2D eigenvalue weighted by atomic mass is 9.83. The van der Waals surface area contributed by atoms with Crippen LogP contribution in [-0.4, -0.2) is 37.5 Å². The van der Waals surface area contributed by atoms with Crippen LogP contribution in [0.4, 0.5) is 0 Å². The molecule has 1 spiro atoms. The van der Waals surface area contributed by atoms with Crippen LogP contribution in [0.25, 0.3) is 0 Å². The predicted octanol–water partition coefficient (Wildman–Crippen LogP) is 3.03. The summed E-state index contributed by atoms with van der Waals surface area (Å²) in [4.78, 5) is 0. The van der Waals surface area contributed by atoms with Crippen LogP contribution >= 0.6 is 0 Å². The Hall–Kier alpha value is -0.120. The van der Waals surface area contributed by atoms with Gasteiger partial charge in [0.1, 0.15) is 0 Å². The second kappa shape index (κ2) is 6.55. The van der Waals surface area contributed by atoms with Crippen molar-refractivity contribution < 1.29 is 9.47 Å². The van der Waals surface area contributed by atoms with E-state index in [9.17, 15) is 0 Å². The van der Waals surface area contributed by atoms with Crippen molar-refractivity contribution in [2.24, 2.45) is 0 Å². The van der Waals surface area contributed by atoms with Gasteiger partial charge in [-0.2, -0.15) is 0 Å². The van der Waals surface area contributed by atoms with Crippen molar-refractivity contribution in [1.82, 2.24) is 5.32 Å². The zero-order valence-corrected chi connectivity index (χ0v) is 12.2. The molecule has 2 saturated heterocycles. The van der Waals surface area contributed by atoms with Crippen molar-refractivity contribution in [2.75, 3.05) is 19.7 Å². The molecule has 3 rings (SSSR count). The summed E-state index contributed by atoms with van der Waals surface area (Å²) >= 11 is 0. The normalized spacial score (nSPS) is 34.7. The lowest BCUT2D eigenvalue weighted by molar-refractivity contribution is -0.0635. The summed E-state index contributed by atoms with van der Waals surface area (Å²) in [6.45, 7) is 2.98. The van der Waals surface area contributed by atoms with Gasteiger partial charge in [0.05, 0.1) is 17.8 Å². The summed E-state index contributed by atoms with van der Waals surface area (Å²) in [6.07, 6.45) is 14.0. The van der Waals surface area contributed by atoms with Gasteiger partial charge in [0.25, 0.3) is 0 Å². The molecule has 2 aliphatic heterocycles. The smallest absolute Gasteiger partial charge is 0.0708 e. The van der Waals surface area contributed by atoms with Crippen molar-refractivity contribution in [3.63, 3.8) is 0 Å². The molecule has 0 amide bonds. The molecule has 3 heteroatoms. The van der Waals surface area contributed by atoms with Gasteiger partial charge in [-0.05, 0) is 44.9 Å². The van der Waals surface area contributed by atoms with Crippen LogP contribution in [0.2, 0.25) is 0 Å². The average molecular weight is 267 g/mol. The number of hydrogen-bond acceptors (Lipinski definition) is 3. The van der Waals surface area contributed by atoms with E-state index in [4.69, 9.17) is 9.47 Å². The van der Waals surface area contributed by atoms with Crippen LogP contribution in [0.1, 0.15) is 64.2 Å². The van der Waals surface area contributed by atoms with Crippen LogP contribution in [-0.2, 0) is 9.47 Å². The van der Waals surface area contributed by atoms with Crippen molar-refractivity contribution in [3.8, 4) is 0 Å². The van der Waals surface area contributed by atoms with Gasteiger partial charge in [0.2, 0.25) is 0 Å². The fraction of sp³-hybridized carbons (Fsp3) is 1.00. The van der Waals surface area contributed by atoms with Crippen molar-refractivity contribution in [3.05, 3.63) is 0 Å². The van der Waals surface area contributed by atoms with Crippen LogP contribution in [0, 0.1) is 0 Å². The molecule has 19 heavy (non-hydrogen) atoms. The minimum Gasteiger partial charge on any atom is -0.377 e. The largest absolute Gasteiger partial charge is 0.377 e. The summed E-state index contributed by atoms with van der Waals surface area (Å²) < 4.78 is 12.1. The Kier molecular flexibility index (Phi) is 4.78. The zero-order chi connectivity index (χ0) is 13.0. The molecular weight excluding hydrogens is 238 g/mol. The third kappa shape index (κ3) is 3.71. The first kappa shape index (κ1) is 13.8. The monoisotopic (exact) mass is 267 g/mol. The van der Waals surface area contributed by atoms with Crippen LogP contribution in [0.15, 0.2) is 0 Å². The van der Waals surface area contributed by atoms with Gasteiger partial charge in [-0.15, -0.1) is 0 Å². The van der Waals surface area contributed by atoms with Crippen molar-refractivity contribution >= 4 is 0 Å². The highest BCUT2D eigenvalue weighted by molar-refractivity contribution is 4.91. The van der Waals surface area contributed by atoms with Gasteiger partial charge in [0, 0.05) is 19.7 Å². The summed E-state index contributed by atoms with van der Waals surface area (Å²) in [7, 11) is 0. The molecule has 1 N–H and O–H groups in total. The van der Waals surface area contributed by atoms with Gasteiger partial charge >= 0.3 is 0 Å². The quantitative estimate of drug-likeness (QED) is 0.849. The van der Waals surface area contributed by atoms with Gasteiger partial charge in [0.15, 0.2) is 0 Å². The second-order valence-electron chi connectivity index (χ2n) is 6.67. The molecule has 0 bridgehead atoms. The summed E-state index contributed by atoms with van der Waals surface area (Å²) in [6, 6.07) is 0. The van der Waals surface area contributed by atoms with Gasteiger partial charge in [-0.25, -0.2) is 0 Å². The molecule has 3 fully saturated rings. The standard InChI is InChI=1S/C16H29NO2/c1-3-8-16(9-4-1)10-7-15(19-16)13-17-12-14-6-2-5-11-18-14/h14-15,17H,1-13H2. The van der Waals surface area contributed by atoms with Crippen LogP contribution in [0.3, 0.4) is 0 Å². The summed E-state index contributed by atoms with van der Waals surface area (Å²) in [5.41, 5.74) is 0.270. The Morgan fingerprint density at radius 2 is 1.68 bits per heavy atom. The molecule has 0 radical (unpaired) electrons. The van der Waals surface area contributed by atoms with Crippen LogP contribution in [0.5, 0.6) is 0 Å². The van der Waals surface area contributed by atoms with Gasteiger partial charge in [-0.1, -0.05) is 19.3 Å². The fourth-order valence-corrected chi connectivity index (χ4v) is 3.98. The maximum absolute atomic E-state index is 6.38. The first-order valence-corrected chi connectivity index (χ1v) is 8.36. The first-order valence-electron chi connectivity index (χ1n) is 8.36. The molecule has 2 unspecified atom stereocenters. The molecule has 110 valence electrons. The van der Waals surface area contributed by atoms with Gasteiger partial charge in [-0.3, -0.25) is 0 Å². The van der Waals surface area contributed by atoms with Crippen molar-refractivity contribution in [2.45, 2.75) is 82.0 Å². The zero-order valence-electron chi connectivity index (χ0n) is 12.2. The highest BCUT2D eigenvalue weighted by Crippen LogP contribution is 2.41. The van der Waals surface area contributed by atoms with E-state index in [0.717, 1.165) is 19.7 Å². The van der Waals surface area contributed by atoms with Crippen LogP contribution < -0.4 is 5.32 Å². The number of rotatable bonds is 4. The SMILES string of the molecule is C1CCC2(CC1)CCC(CNCC1CCCCO1)O2. The lowest BCUT2D eigenvalue weighted by Gasteiger charge is -2.33. The fourth-order valence-electron chi connectivity index (χ4n) is 3.98. The maximum Gasteiger partial charge on any atom is 0.0708 e. The van der Waals surface area contributed by atoms with E-state index in [0.29, 0.717) is 12.2 Å². The Morgan fingerprint density at radius 1 is 0.842 bits per heavy atom.